The quantitative estimate of drug-likeness (QED) is 0.887. The highest BCUT2D eigenvalue weighted by Gasteiger charge is 2.32. The summed E-state index contributed by atoms with van der Waals surface area (Å²) in [7, 11) is -3.59. The highest BCUT2D eigenvalue weighted by atomic mass is 32.2. The van der Waals surface area contributed by atoms with Crippen molar-refractivity contribution in [3.05, 3.63) is 47.3 Å². The van der Waals surface area contributed by atoms with Crippen molar-refractivity contribution in [1.29, 1.82) is 0 Å². The van der Waals surface area contributed by atoms with Gasteiger partial charge in [-0.2, -0.15) is 0 Å². The van der Waals surface area contributed by atoms with E-state index in [0.717, 1.165) is 24.2 Å². The number of rotatable bonds is 4. The number of thiophene rings is 1. The van der Waals surface area contributed by atoms with E-state index >= 15 is 0 Å². The van der Waals surface area contributed by atoms with Gasteiger partial charge in [0.15, 0.2) is 0 Å². The van der Waals surface area contributed by atoms with Crippen LogP contribution >= 0.6 is 11.3 Å². The van der Waals surface area contributed by atoms with E-state index in [1.54, 1.807) is 41.3 Å². The molecule has 0 unspecified atom stereocenters. The molecule has 1 amide bonds. The normalized spacial score (nSPS) is 21.3. The number of hydrogen-bond acceptors (Lipinski definition) is 5. The summed E-state index contributed by atoms with van der Waals surface area (Å²) in [4.78, 5) is 15.4. The van der Waals surface area contributed by atoms with Crippen LogP contribution in [-0.2, 0) is 9.84 Å². The van der Waals surface area contributed by atoms with Crippen LogP contribution in [0.15, 0.2) is 51.6 Å². The average Bonchev–Trinajstić information content (AvgIpc) is 3.12. The third kappa shape index (κ3) is 3.49. The van der Waals surface area contributed by atoms with E-state index in [4.69, 9.17) is 5.73 Å². The standard InChI is InChI=1S/C18H22N2O3S2/c1-13-6-5-11-20(15(13)12-19)18(21)16-9-10-17(24-16)25(22,23)14-7-3-2-4-8-14/h2-4,7-10,13,15H,5-6,11-12,19H2,1H3/t13-,15+/m1/s1. The monoisotopic (exact) mass is 378 g/mol. The van der Waals surface area contributed by atoms with Crippen molar-refractivity contribution in [2.45, 2.75) is 34.9 Å². The van der Waals surface area contributed by atoms with Gasteiger partial charge in [0.05, 0.1) is 9.77 Å². The van der Waals surface area contributed by atoms with E-state index in [1.807, 2.05) is 0 Å². The smallest absolute Gasteiger partial charge is 0.264 e. The molecule has 2 aromatic rings. The van der Waals surface area contributed by atoms with Crippen molar-refractivity contribution in [2.75, 3.05) is 13.1 Å². The van der Waals surface area contributed by atoms with Crippen LogP contribution in [0.4, 0.5) is 0 Å². The molecule has 2 N–H and O–H groups in total. The molecule has 0 bridgehead atoms. The topological polar surface area (TPSA) is 80.5 Å². The van der Waals surface area contributed by atoms with Gasteiger partial charge in [0.1, 0.15) is 4.21 Å². The molecule has 25 heavy (non-hydrogen) atoms. The zero-order valence-electron chi connectivity index (χ0n) is 14.1. The number of benzene rings is 1. The van der Waals surface area contributed by atoms with Gasteiger partial charge in [-0.25, -0.2) is 8.42 Å². The SMILES string of the molecule is C[C@@H]1CCCN(C(=O)c2ccc(S(=O)(=O)c3ccccc3)s2)[C@H]1CN. The van der Waals surface area contributed by atoms with Crippen LogP contribution < -0.4 is 5.73 Å². The molecule has 2 atom stereocenters. The van der Waals surface area contributed by atoms with E-state index in [9.17, 15) is 13.2 Å². The highest BCUT2D eigenvalue weighted by Crippen LogP contribution is 2.30. The lowest BCUT2D eigenvalue weighted by atomic mass is 9.90. The second-order valence-corrected chi connectivity index (χ2v) is 9.62. The number of nitrogens with zero attached hydrogens (tertiary/aromatic N) is 1. The molecule has 1 saturated heterocycles. The van der Waals surface area contributed by atoms with Crippen molar-refractivity contribution < 1.29 is 13.2 Å². The second kappa shape index (κ2) is 7.27. The highest BCUT2D eigenvalue weighted by molar-refractivity contribution is 7.93. The van der Waals surface area contributed by atoms with E-state index in [0.29, 0.717) is 23.9 Å². The maximum absolute atomic E-state index is 12.9. The largest absolute Gasteiger partial charge is 0.333 e. The van der Waals surface area contributed by atoms with Crippen LogP contribution in [0.1, 0.15) is 29.4 Å². The average molecular weight is 379 g/mol. The van der Waals surface area contributed by atoms with Crippen LogP contribution in [0.3, 0.4) is 0 Å². The molecular weight excluding hydrogens is 356 g/mol. The first-order valence-corrected chi connectivity index (χ1v) is 10.7. The molecule has 134 valence electrons. The molecule has 7 heteroatoms. The van der Waals surface area contributed by atoms with Gasteiger partial charge in [0.2, 0.25) is 9.84 Å². The lowest BCUT2D eigenvalue weighted by molar-refractivity contribution is 0.0537. The van der Waals surface area contributed by atoms with Gasteiger partial charge >= 0.3 is 0 Å². The third-order valence-corrected chi connectivity index (χ3v) is 8.06. The number of sulfone groups is 1. The van der Waals surface area contributed by atoms with Gasteiger partial charge in [-0.05, 0) is 43.0 Å². The number of nitrogens with two attached hydrogens (primary N) is 1. The molecule has 0 spiro atoms. The van der Waals surface area contributed by atoms with Gasteiger partial charge in [0.25, 0.3) is 5.91 Å². The third-order valence-electron chi connectivity index (χ3n) is 4.73. The number of amides is 1. The van der Waals surface area contributed by atoms with Crippen LogP contribution in [0, 0.1) is 5.92 Å². The Morgan fingerprint density at radius 2 is 1.96 bits per heavy atom. The number of likely N-dealkylation sites (tertiary alicyclic amines) is 1. The molecule has 0 saturated carbocycles. The fraction of sp³-hybridized carbons (Fsp3) is 0.389. The molecule has 1 aliphatic heterocycles. The Kier molecular flexibility index (Phi) is 5.27. The Morgan fingerprint density at radius 3 is 2.64 bits per heavy atom. The van der Waals surface area contributed by atoms with Crippen LogP contribution in [-0.4, -0.2) is 38.4 Å². The Balaban J connectivity index is 1.87. The number of hydrogen-bond donors (Lipinski definition) is 1. The molecule has 0 radical (unpaired) electrons. The predicted molar refractivity (Wildman–Crippen MR) is 98.5 cm³/mol. The molecule has 0 aliphatic carbocycles. The fourth-order valence-corrected chi connectivity index (χ4v) is 5.98. The lowest BCUT2D eigenvalue weighted by Gasteiger charge is -2.39. The number of carbonyl (C=O) groups is 1. The van der Waals surface area contributed by atoms with Crippen molar-refractivity contribution in [3.8, 4) is 0 Å². The van der Waals surface area contributed by atoms with Crippen molar-refractivity contribution in [2.24, 2.45) is 11.7 Å². The lowest BCUT2D eigenvalue weighted by Crippen LogP contribution is -2.51. The Morgan fingerprint density at radius 1 is 1.24 bits per heavy atom. The molecule has 1 aliphatic rings. The Hall–Kier alpha value is -1.70. The number of piperidine rings is 1. The van der Waals surface area contributed by atoms with Crippen LogP contribution in [0.2, 0.25) is 0 Å². The molecule has 5 nitrogen and oxygen atoms in total. The first kappa shape index (κ1) is 18.1. The summed E-state index contributed by atoms with van der Waals surface area (Å²) in [5, 5.41) is 0. The molecule has 1 aromatic heterocycles. The van der Waals surface area contributed by atoms with Crippen molar-refractivity contribution in [1.82, 2.24) is 4.90 Å². The van der Waals surface area contributed by atoms with Gasteiger partial charge in [-0.3, -0.25) is 4.79 Å². The van der Waals surface area contributed by atoms with Gasteiger partial charge in [0, 0.05) is 19.1 Å². The molecule has 2 heterocycles. The summed E-state index contributed by atoms with van der Waals surface area (Å²) < 4.78 is 25.6. The summed E-state index contributed by atoms with van der Waals surface area (Å²) in [6.07, 6.45) is 2.01. The zero-order chi connectivity index (χ0) is 18.0. The molecular formula is C18H22N2O3S2. The van der Waals surface area contributed by atoms with Gasteiger partial charge < -0.3 is 10.6 Å². The second-order valence-electron chi connectivity index (χ2n) is 6.36. The minimum absolute atomic E-state index is 0.0116. The van der Waals surface area contributed by atoms with E-state index in [2.05, 4.69) is 6.92 Å². The maximum atomic E-state index is 12.9. The van der Waals surface area contributed by atoms with Crippen molar-refractivity contribution in [3.63, 3.8) is 0 Å². The molecule has 3 rings (SSSR count). The van der Waals surface area contributed by atoms with Crippen LogP contribution in [0.25, 0.3) is 0 Å². The van der Waals surface area contributed by atoms with E-state index < -0.39 is 9.84 Å². The minimum Gasteiger partial charge on any atom is -0.333 e. The minimum atomic E-state index is -3.59. The summed E-state index contributed by atoms with van der Waals surface area (Å²) >= 11 is 1.03. The molecule has 1 aromatic carbocycles. The Bertz CT molecular complexity index is 846. The predicted octanol–water partition coefficient (Wildman–Crippen LogP) is 2.78. The van der Waals surface area contributed by atoms with Crippen molar-refractivity contribution >= 4 is 27.1 Å². The maximum Gasteiger partial charge on any atom is 0.264 e. The summed E-state index contributed by atoms with van der Waals surface area (Å²) in [5.74, 6) is 0.233. The Labute approximate surface area is 152 Å². The first-order valence-electron chi connectivity index (χ1n) is 8.36. The summed E-state index contributed by atoms with van der Waals surface area (Å²) in [6, 6.07) is 11.4. The zero-order valence-corrected chi connectivity index (χ0v) is 15.7. The van der Waals surface area contributed by atoms with Gasteiger partial charge in [-0.15, -0.1) is 11.3 Å². The van der Waals surface area contributed by atoms with E-state index in [1.165, 1.54) is 6.07 Å². The van der Waals surface area contributed by atoms with Crippen LogP contribution in [0.5, 0.6) is 0 Å². The van der Waals surface area contributed by atoms with Gasteiger partial charge in [-0.1, -0.05) is 25.1 Å². The first-order chi connectivity index (χ1) is 11.9. The summed E-state index contributed by atoms with van der Waals surface area (Å²) in [6.45, 7) is 3.20. The summed E-state index contributed by atoms with van der Waals surface area (Å²) in [5.41, 5.74) is 5.86. The fourth-order valence-electron chi connectivity index (χ4n) is 3.30. The molecule has 1 fully saturated rings. The number of carbonyl (C=O) groups excluding carboxylic acids is 1. The van der Waals surface area contributed by atoms with E-state index in [-0.39, 0.29) is 21.1 Å².